The van der Waals surface area contributed by atoms with E-state index in [1.54, 1.807) is 26.0 Å². The van der Waals surface area contributed by atoms with E-state index >= 15 is 0 Å². The number of carbonyl (C=O) groups excluding carboxylic acids is 2. The number of carboxylic acids is 1. The molecule has 1 aliphatic carbocycles. The number of aromatic hydroxyl groups is 3. The molecule has 0 saturated carbocycles. The van der Waals surface area contributed by atoms with Crippen LogP contribution in [0.1, 0.15) is 45.7 Å². The van der Waals surface area contributed by atoms with Crippen LogP contribution in [0, 0.1) is 5.92 Å². The van der Waals surface area contributed by atoms with Gasteiger partial charge in [0.1, 0.15) is 11.8 Å². The van der Waals surface area contributed by atoms with E-state index in [1.165, 1.54) is 12.1 Å². The first-order valence-corrected chi connectivity index (χ1v) is 8.02. The number of phenolic OH excluding ortho intramolecular Hbond substituents is 3. The van der Waals surface area contributed by atoms with Gasteiger partial charge in [0.05, 0.1) is 11.1 Å². The molecule has 0 radical (unpaired) electrons. The van der Waals surface area contributed by atoms with Crippen molar-refractivity contribution in [3.63, 3.8) is 0 Å². The Balaban J connectivity index is 0.000000279. The number of rotatable bonds is 2. The number of hydrogen-bond donors (Lipinski definition) is 5. The largest absolute Gasteiger partial charge is 0.507 e. The molecule has 1 atom stereocenters. The summed E-state index contributed by atoms with van der Waals surface area (Å²) in [5.41, 5.74) is 4.83. The standard InChI is InChI=1S/C14H8O5.C5H11NO2/c15-8-5-9(16)14(19)11-10(8)12(17)6-3-1-2-4-7(6)13(11)18;1-3(2)4(6)5(7)8/h1-5,15-16,19H;3-4H,6H2,1-2H3,(H,7,8)/t;4-/m.0/s1. The average molecular weight is 373 g/mol. The molecule has 0 unspecified atom stereocenters. The Bertz CT molecular complexity index is 934. The van der Waals surface area contributed by atoms with Crippen LogP contribution in [0.4, 0.5) is 0 Å². The maximum Gasteiger partial charge on any atom is 0.320 e. The Morgan fingerprint density at radius 1 is 0.926 bits per heavy atom. The highest BCUT2D eigenvalue weighted by Crippen LogP contribution is 2.42. The van der Waals surface area contributed by atoms with Crippen LogP contribution >= 0.6 is 0 Å². The lowest BCUT2D eigenvalue weighted by Crippen LogP contribution is -2.34. The van der Waals surface area contributed by atoms with Crippen molar-refractivity contribution in [3.05, 3.63) is 52.6 Å². The van der Waals surface area contributed by atoms with E-state index in [9.17, 15) is 29.7 Å². The highest BCUT2D eigenvalue weighted by Gasteiger charge is 2.35. The number of ketones is 2. The number of carbonyl (C=O) groups is 3. The monoisotopic (exact) mass is 373 g/mol. The number of nitrogens with two attached hydrogens (primary N) is 1. The number of aliphatic carboxylic acids is 1. The fourth-order valence-corrected chi connectivity index (χ4v) is 2.53. The lowest BCUT2D eigenvalue weighted by Gasteiger charge is -2.19. The van der Waals surface area contributed by atoms with E-state index in [2.05, 4.69) is 0 Å². The first-order chi connectivity index (χ1) is 12.6. The van der Waals surface area contributed by atoms with Gasteiger partial charge in [-0.3, -0.25) is 14.4 Å². The second-order valence-electron chi connectivity index (χ2n) is 6.33. The molecule has 0 spiro atoms. The van der Waals surface area contributed by atoms with Crippen LogP contribution < -0.4 is 5.73 Å². The zero-order valence-corrected chi connectivity index (χ0v) is 14.6. The summed E-state index contributed by atoms with van der Waals surface area (Å²) in [5, 5.41) is 37.1. The quantitative estimate of drug-likeness (QED) is 0.335. The summed E-state index contributed by atoms with van der Waals surface area (Å²) in [6, 6.07) is 6.25. The summed E-state index contributed by atoms with van der Waals surface area (Å²) >= 11 is 0. The molecule has 27 heavy (non-hydrogen) atoms. The molecule has 0 saturated heterocycles. The zero-order valence-electron chi connectivity index (χ0n) is 14.6. The zero-order chi connectivity index (χ0) is 20.5. The van der Waals surface area contributed by atoms with Crippen LogP contribution in [0.25, 0.3) is 0 Å². The second kappa shape index (κ2) is 7.46. The van der Waals surface area contributed by atoms with Gasteiger partial charge in [0.15, 0.2) is 23.1 Å². The van der Waals surface area contributed by atoms with Gasteiger partial charge >= 0.3 is 5.97 Å². The van der Waals surface area contributed by atoms with Crippen LogP contribution in [-0.4, -0.2) is 44.0 Å². The molecule has 0 aliphatic heterocycles. The highest BCUT2D eigenvalue weighted by molar-refractivity contribution is 6.30. The lowest BCUT2D eigenvalue weighted by atomic mass is 9.83. The van der Waals surface area contributed by atoms with Crippen LogP contribution in [0.5, 0.6) is 17.2 Å². The van der Waals surface area contributed by atoms with E-state index < -0.39 is 40.8 Å². The molecule has 0 bridgehead atoms. The van der Waals surface area contributed by atoms with Crippen molar-refractivity contribution in [1.82, 2.24) is 0 Å². The van der Waals surface area contributed by atoms with Crippen LogP contribution in [0.3, 0.4) is 0 Å². The van der Waals surface area contributed by atoms with Gasteiger partial charge in [-0.05, 0) is 5.92 Å². The van der Waals surface area contributed by atoms with Gasteiger partial charge in [0.2, 0.25) is 0 Å². The minimum atomic E-state index is -0.931. The molecule has 1 aliphatic rings. The molecule has 3 rings (SSSR count). The average Bonchev–Trinajstić information content (AvgIpc) is 2.62. The predicted molar refractivity (Wildman–Crippen MR) is 95.2 cm³/mol. The van der Waals surface area contributed by atoms with Gasteiger partial charge in [-0.2, -0.15) is 0 Å². The topological polar surface area (TPSA) is 158 Å². The van der Waals surface area contributed by atoms with Gasteiger partial charge in [-0.1, -0.05) is 38.1 Å². The molecule has 2 aromatic rings. The summed E-state index contributed by atoms with van der Waals surface area (Å²) in [6.07, 6.45) is 0. The molecule has 8 nitrogen and oxygen atoms in total. The SMILES string of the molecule is CC(C)[C@H](N)C(=O)O.O=C1c2ccccc2C(=O)c2c(O)c(O)cc(O)c21. The highest BCUT2D eigenvalue weighted by atomic mass is 16.4. The molecule has 2 aromatic carbocycles. The van der Waals surface area contributed by atoms with E-state index in [0.717, 1.165) is 6.07 Å². The molecule has 6 N–H and O–H groups in total. The van der Waals surface area contributed by atoms with Crippen LogP contribution in [0.2, 0.25) is 0 Å². The van der Waals surface area contributed by atoms with Crippen molar-refractivity contribution < 1.29 is 34.8 Å². The number of hydrogen-bond acceptors (Lipinski definition) is 7. The van der Waals surface area contributed by atoms with Gasteiger partial charge in [0, 0.05) is 17.2 Å². The Kier molecular flexibility index (Phi) is 5.51. The number of carboxylic acid groups (broad SMARTS) is 1. The molecule has 0 heterocycles. The Labute approximate surface area is 154 Å². The maximum absolute atomic E-state index is 12.2. The summed E-state index contributed by atoms with van der Waals surface area (Å²) < 4.78 is 0. The van der Waals surface area contributed by atoms with Crippen LogP contribution in [0.15, 0.2) is 30.3 Å². The minimum Gasteiger partial charge on any atom is -0.507 e. The van der Waals surface area contributed by atoms with Crippen molar-refractivity contribution in [3.8, 4) is 17.2 Å². The Hall–Kier alpha value is -3.39. The molecule has 0 amide bonds. The van der Waals surface area contributed by atoms with Gasteiger partial charge in [-0.15, -0.1) is 0 Å². The third-order valence-corrected chi connectivity index (χ3v) is 4.13. The predicted octanol–water partition coefficient (Wildman–Crippen LogP) is 1.63. The third kappa shape index (κ3) is 3.61. The summed E-state index contributed by atoms with van der Waals surface area (Å²) in [4.78, 5) is 34.5. The van der Waals surface area contributed by atoms with Crippen LogP contribution in [-0.2, 0) is 4.79 Å². The smallest absolute Gasteiger partial charge is 0.320 e. The van der Waals surface area contributed by atoms with Gasteiger partial charge in [0.25, 0.3) is 0 Å². The first-order valence-electron chi connectivity index (χ1n) is 8.02. The van der Waals surface area contributed by atoms with Crippen molar-refractivity contribution in [2.45, 2.75) is 19.9 Å². The number of phenols is 3. The Morgan fingerprint density at radius 3 is 1.81 bits per heavy atom. The molecule has 0 aromatic heterocycles. The fraction of sp³-hybridized carbons (Fsp3) is 0.211. The minimum absolute atomic E-state index is 0.0208. The lowest BCUT2D eigenvalue weighted by molar-refractivity contribution is -0.139. The molecular formula is C19H19NO7. The molecule has 142 valence electrons. The fourth-order valence-electron chi connectivity index (χ4n) is 2.53. The summed E-state index contributed by atoms with van der Waals surface area (Å²) in [6.45, 7) is 3.55. The first kappa shape index (κ1) is 19.9. The van der Waals surface area contributed by atoms with Crippen molar-refractivity contribution in [1.29, 1.82) is 0 Å². The second-order valence-corrected chi connectivity index (χ2v) is 6.33. The molecule has 8 heteroatoms. The van der Waals surface area contributed by atoms with Gasteiger partial charge in [-0.25, -0.2) is 0 Å². The molecular weight excluding hydrogens is 354 g/mol. The van der Waals surface area contributed by atoms with Crippen molar-refractivity contribution >= 4 is 17.5 Å². The number of fused-ring (bicyclic) bond motifs is 2. The Morgan fingerprint density at radius 2 is 1.41 bits per heavy atom. The van der Waals surface area contributed by atoms with Crippen molar-refractivity contribution in [2.24, 2.45) is 11.7 Å². The van der Waals surface area contributed by atoms with Gasteiger partial charge < -0.3 is 26.2 Å². The summed E-state index contributed by atoms with van der Waals surface area (Å²) in [7, 11) is 0. The van der Waals surface area contributed by atoms with E-state index in [0.29, 0.717) is 0 Å². The van der Waals surface area contributed by atoms with Crippen molar-refractivity contribution in [2.75, 3.05) is 0 Å². The van der Waals surface area contributed by atoms with E-state index in [1.807, 2.05) is 0 Å². The van der Waals surface area contributed by atoms with E-state index in [-0.39, 0.29) is 28.2 Å². The molecule has 0 fully saturated rings. The van der Waals surface area contributed by atoms with E-state index in [4.69, 9.17) is 10.8 Å². The number of benzene rings is 2. The third-order valence-electron chi connectivity index (χ3n) is 4.13. The summed E-state index contributed by atoms with van der Waals surface area (Å²) in [5.74, 6) is -3.94. The maximum atomic E-state index is 12.2. The normalized spacial score (nSPS) is 13.3.